The summed E-state index contributed by atoms with van der Waals surface area (Å²) < 4.78 is 5.49. The number of amides is 3. The zero-order chi connectivity index (χ0) is 18.6. The molecule has 3 amide bonds. The predicted octanol–water partition coefficient (Wildman–Crippen LogP) is 3.66. The van der Waals surface area contributed by atoms with Gasteiger partial charge in [0.1, 0.15) is 11.5 Å². The fourth-order valence-corrected chi connectivity index (χ4v) is 2.53. The Morgan fingerprint density at radius 2 is 1.68 bits per heavy atom. The summed E-state index contributed by atoms with van der Waals surface area (Å²) in [7, 11) is 0. The van der Waals surface area contributed by atoms with E-state index < -0.39 is 0 Å². The molecule has 0 aliphatic carbocycles. The molecule has 0 saturated heterocycles. The highest BCUT2D eigenvalue weighted by Gasteiger charge is 2.18. The Labute approximate surface area is 148 Å². The van der Waals surface area contributed by atoms with Gasteiger partial charge in [-0.1, -0.05) is 12.1 Å². The molecule has 6 heteroatoms. The molecule has 1 heterocycles. The lowest BCUT2D eigenvalue weighted by molar-refractivity contribution is 0.0949. The third kappa shape index (κ3) is 4.86. The molecule has 0 aliphatic rings. The summed E-state index contributed by atoms with van der Waals surface area (Å²) >= 11 is 0. The van der Waals surface area contributed by atoms with E-state index in [2.05, 4.69) is 16.0 Å². The maximum Gasteiger partial charge on any atom is 0.319 e. The fourth-order valence-electron chi connectivity index (χ4n) is 2.53. The minimum absolute atomic E-state index is 0.0768. The predicted molar refractivity (Wildman–Crippen MR) is 97.8 cm³/mol. The van der Waals surface area contributed by atoms with Crippen molar-refractivity contribution in [1.29, 1.82) is 0 Å². The Hall–Kier alpha value is -2.76. The molecule has 1 aromatic heterocycles. The molecule has 0 unspecified atom stereocenters. The SMILES string of the molecule is Cc1oc(C)c(C(=O)NCc2ccc(NC(=O)NC(C)C)cc2)c1C. The molecule has 0 radical (unpaired) electrons. The van der Waals surface area contributed by atoms with Crippen LogP contribution in [0, 0.1) is 20.8 Å². The fraction of sp³-hybridized carbons (Fsp3) is 0.368. The molecule has 0 bridgehead atoms. The number of rotatable bonds is 5. The Morgan fingerprint density at radius 3 is 2.20 bits per heavy atom. The summed E-state index contributed by atoms with van der Waals surface area (Å²) in [4.78, 5) is 24.0. The number of urea groups is 1. The number of anilines is 1. The van der Waals surface area contributed by atoms with E-state index in [0.717, 1.165) is 16.9 Å². The normalized spacial score (nSPS) is 10.6. The highest BCUT2D eigenvalue weighted by molar-refractivity contribution is 5.96. The van der Waals surface area contributed by atoms with Gasteiger partial charge < -0.3 is 20.4 Å². The highest BCUT2D eigenvalue weighted by atomic mass is 16.3. The van der Waals surface area contributed by atoms with Gasteiger partial charge >= 0.3 is 6.03 Å². The van der Waals surface area contributed by atoms with Crippen LogP contribution in [0.2, 0.25) is 0 Å². The molecule has 0 saturated carbocycles. The molecule has 134 valence electrons. The van der Waals surface area contributed by atoms with Crippen molar-refractivity contribution in [3.05, 3.63) is 52.5 Å². The summed E-state index contributed by atoms with van der Waals surface area (Å²) in [5.74, 6) is 1.24. The first kappa shape index (κ1) is 18.6. The number of nitrogens with one attached hydrogen (secondary N) is 3. The number of hydrogen-bond donors (Lipinski definition) is 3. The minimum Gasteiger partial charge on any atom is -0.466 e. The van der Waals surface area contributed by atoms with Gasteiger partial charge in [0, 0.05) is 23.8 Å². The van der Waals surface area contributed by atoms with Crippen LogP contribution in [0.1, 0.15) is 46.9 Å². The quantitative estimate of drug-likeness (QED) is 0.774. The first-order valence-electron chi connectivity index (χ1n) is 8.29. The summed E-state index contributed by atoms with van der Waals surface area (Å²) in [6.07, 6.45) is 0. The number of hydrogen-bond acceptors (Lipinski definition) is 3. The maximum absolute atomic E-state index is 12.4. The molecule has 2 aromatic rings. The zero-order valence-electron chi connectivity index (χ0n) is 15.3. The molecule has 6 nitrogen and oxygen atoms in total. The van der Waals surface area contributed by atoms with Crippen LogP contribution >= 0.6 is 0 Å². The van der Waals surface area contributed by atoms with Crippen LogP contribution in [0.25, 0.3) is 0 Å². The molecule has 0 spiro atoms. The third-order valence-corrected chi connectivity index (χ3v) is 3.87. The van der Waals surface area contributed by atoms with Crippen molar-refractivity contribution in [2.45, 2.75) is 47.2 Å². The van der Waals surface area contributed by atoms with E-state index in [1.165, 1.54) is 0 Å². The van der Waals surface area contributed by atoms with E-state index in [0.29, 0.717) is 23.6 Å². The van der Waals surface area contributed by atoms with Gasteiger partial charge in [-0.3, -0.25) is 4.79 Å². The highest BCUT2D eigenvalue weighted by Crippen LogP contribution is 2.20. The van der Waals surface area contributed by atoms with Gasteiger partial charge in [-0.05, 0) is 52.3 Å². The summed E-state index contributed by atoms with van der Waals surface area (Å²) in [6, 6.07) is 7.18. The first-order chi connectivity index (χ1) is 11.8. The maximum atomic E-state index is 12.4. The number of carbonyl (C=O) groups is 2. The van der Waals surface area contributed by atoms with E-state index in [4.69, 9.17) is 4.42 Å². The van der Waals surface area contributed by atoms with Crippen molar-refractivity contribution >= 4 is 17.6 Å². The van der Waals surface area contributed by atoms with E-state index in [1.807, 2.05) is 39.8 Å². The van der Waals surface area contributed by atoms with Crippen molar-refractivity contribution in [2.75, 3.05) is 5.32 Å². The molecule has 3 N–H and O–H groups in total. The van der Waals surface area contributed by atoms with Gasteiger partial charge in [0.15, 0.2) is 0 Å². The Morgan fingerprint density at radius 1 is 1.04 bits per heavy atom. The van der Waals surface area contributed by atoms with Gasteiger partial charge in [0.2, 0.25) is 0 Å². The number of benzene rings is 1. The van der Waals surface area contributed by atoms with Crippen LogP contribution in [-0.4, -0.2) is 18.0 Å². The lowest BCUT2D eigenvalue weighted by Crippen LogP contribution is -2.34. The molecule has 1 aromatic carbocycles. The van der Waals surface area contributed by atoms with Crippen LogP contribution in [-0.2, 0) is 6.54 Å². The molecular weight excluding hydrogens is 318 g/mol. The Bertz CT molecular complexity index is 761. The van der Waals surface area contributed by atoms with E-state index in [1.54, 1.807) is 19.1 Å². The average Bonchev–Trinajstić information content (AvgIpc) is 2.78. The van der Waals surface area contributed by atoms with Crippen LogP contribution in [0.4, 0.5) is 10.5 Å². The average molecular weight is 343 g/mol. The van der Waals surface area contributed by atoms with Crippen LogP contribution in [0.5, 0.6) is 0 Å². The first-order valence-corrected chi connectivity index (χ1v) is 8.29. The largest absolute Gasteiger partial charge is 0.466 e. The van der Waals surface area contributed by atoms with Crippen molar-refractivity contribution in [3.63, 3.8) is 0 Å². The Balaban J connectivity index is 1.93. The van der Waals surface area contributed by atoms with Gasteiger partial charge in [0.05, 0.1) is 5.56 Å². The lowest BCUT2D eigenvalue weighted by atomic mass is 10.1. The van der Waals surface area contributed by atoms with Crippen molar-refractivity contribution in [3.8, 4) is 0 Å². The van der Waals surface area contributed by atoms with E-state index in [-0.39, 0.29) is 18.0 Å². The molecule has 0 fully saturated rings. The Kier molecular flexibility index (Phi) is 5.85. The van der Waals surface area contributed by atoms with Gasteiger partial charge in [0.25, 0.3) is 5.91 Å². The van der Waals surface area contributed by atoms with Gasteiger partial charge in [-0.15, -0.1) is 0 Å². The van der Waals surface area contributed by atoms with Crippen molar-refractivity contribution in [2.24, 2.45) is 0 Å². The summed E-state index contributed by atoms with van der Waals surface area (Å²) in [5.41, 5.74) is 3.11. The number of carbonyl (C=O) groups excluding carboxylic acids is 2. The second-order valence-electron chi connectivity index (χ2n) is 6.35. The standard InChI is InChI=1S/C19H25N3O3/c1-11(2)21-19(24)22-16-8-6-15(7-9-16)10-20-18(23)17-12(3)13(4)25-14(17)5/h6-9,11H,10H2,1-5H3,(H,20,23)(H2,21,22,24). The van der Waals surface area contributed by atoms with Crippen molar-refractivity contribution < 1.29 is 14.0 Å². The van der Waals surface area contributed by atoms with Crippen LogP contribution < -0.4 is 16.0 Å². The molecule has 25 heavy (non-hydrogen) atoms. The topological polar surface area (TPSA) is 83.4 Å². The molecule has 2 rings (SSSR count). The zero-order valence-corrected chi connectivity index (χ0v) is 15.3. The van der Waals surface area contributed by atoms with Crippen LogP contribution in [0.3, 0.4) is 0 Å². The number of aryl methyl sites for hydroxylation is 2. The second-order valence-corrected chi connectivity index (χ2v) is 6.35. The smallest absolute Gasteiger partial charge is 0.319 e. The summed E-state index contributed by atoms with van der Waals surface area (Å²) in [5, 5.41) is 8.42. The molecule has 0 aliphatic heterocycles. The van der Waals surface area contributed by atoms with Gasteiger partial charge in [-0.2, -0.15) is 0 Å². The number of furan rings is 1. The van der Waals surface area contributed by atoms with E-state index >= 15 is 0 Å². The summed E-state index contributed by atoms with van der Waals surface area (Å²) in [6.45, 7) is 9.72. The van der Waals surface area contributed by atoms with Gasteiger partial charge in [-0.25, -0.2) is 4.79 Å². The minimum atomic E-state index is -0.239. The van der Waals surface area contributed by atoms with Crippen LogP contribution in [0.15, 0.2) is 28.7 Å². The van der Waals surface area contributed by atoms with Crippen molar-refractivity contribution in [1.82, 2.24) is 10.6 Å². The lowest BCUT2D eigenvalue weighted by Gasteiger charge is -2.11. The third-order valence-electron chi connectivity index (χ3n) is 3.87. The molecular formula is C19H25N3O3. The second kappa shape index (κ2) is 7.88. The van der Waals surface area contributed by atoms with E-state index in [9.17, 15) is 9.59 Å². The molecule has 0 atom stereocenters. The monoisotopic (exact) mass is 343 g/mol.